The van der Waals surface area contributed by atoms with Crippen molar-refractivity contribution in [2.75, 3.05) is 11.9 Å². The fraction of sp³-hybridized carbons (Fsp3) is 0.462. The van der Waals surface area contributed by atoms with Crippen LogP contribution in [0.15, 0.2) is 24.5 Å². The number of nitrogens with two attached hydrogens (primary N) is 1. The molecule has 2 aromatic rings. The molecule has 1 aromatic carbocycles. The fourth-order valence-corrected chi connectivity index (χ4v) is 1.82. The van der Waals surface area contributed by atoms with E-state index in [0.717, 1.165) is 36.1 Å². The number of aromatic nitrogens is 2. The molecule has 0 fully saturated rings. The zero-order valence-electron chi connectivity index (χ0n) is 10.5. The quantitative estimate of drug-likeness (QED) is 0.694. The lowest BCUT2D eigenvalue weighted by Crippen LogP contribution is -2.32. The van der Waals surface area contributed by atoms with Crippen molar-refractivity contribution in [2.45, 2.75) is 32.2 Å². The summed E-state index contributed by atoms with van der Waals surface area (Å²) in [5.41, 5.74) is 9.04. The number of hydrogen-bond donors (Lipinski definition) is 3. The number of H-pyrrole nitrogens is 1. The maximum Gasteiger partial charge on any atom is 0.0931 e. The van der Waals surface area contributed by atoms with Gasteiger partial charge in [-0.15, -0.1) is 0 Å². The molecule has 4 heteroatoms. The van der Waals surface area contributed by atoms with E-state index in [1.54, 1.807) is 6.33 Å². The van der Waals surface area contributed by atoms with E-state index in [9.17, 15) is 0 Å². The third-order valence-corrected chi connectivity index (χ3v) is 2.75. The van der Waals surface area contributed by atoms with Crippen LogP contribution in [-0.2, 0) is 0 Å². The molecule has 0 radical (unpaired) electrons. The van der Waals surface area contributed by atoms with E-state index in [4.69, 9.17) is 5.73 Å². The van der Waals surface area contributed by atoms with Crippen LogP contribution in [0.1, 0.15) is 26.7 Å². The number of hydrogen-bond acceptors (Lipinski definition) is 3. The number of benzene rings is 1. The Morgan fingerprint density at radius 1 is 1.41 bits per heavy atom. The molecule has 0 unspecified atom stereocenters. The minimum atomic E-state index is -0.0744. The predicted octanol–water partition coefficient (Wildman–Crippen LogP) is 2.49. The van der Waals surface area contributed by atoms with Crippen molar-refractivity contribution in [3.8, 4) is 0 Å². The lowest BCUT2D eigenvalue weighted by atomic mass is 10.0. The molecular formula is C13H20N4. The van der Waals surface area contributed by atoms with Crippen molar-refractivity contribution < 1.29 is 0 Å². The van der Waals surface area contributed by atoms with Gasteiger partial charge in [-0.05, 0) is 44.9 Å². The van der Waals surface area contributed by atoms with E-state index in [1.807, 2.05) is 6.07 Å². The Balaban J connectivity index is 1.86. The molecule has 0 atom stereocenters. The summed E-state index contributed by atoms with van der Waals surface area (Å²) in [6.07, 6.45) is 3.81. The van der Waals surface area contributed by atoms with Crippen molar-refractivity contribution in [2.24, 2.45) is 5.73 Å². The van der Waals surface area contributed by atoms with Crippen LogP contribution in [0.5, 0.6) is 0 Å². The average Bonchev–Trinajstić information content (AvgIpc) is 2.70. The van der Waals surface area contributed by atoms with Crippen LogP contribution in [0.3, 0.4) is 0 Å². The van der Waals surface area contributed by atoms with Crippen LogP contribution in [-0.4, -0.2) is 22.1 Å². The van der Waals surface area contributed by atoms with Gasteiger partial charge in [0.2, 0.25) is 0 Å². The second-order valence-corrected chi connectivity index (χ2v) is 5.15. The van der Waals surface area contributed by atoms with E-state index in [2.05, 4.69) is 41.3 Å². The Hall–Kier alpha value is -1.55. The Kier molecular flexibility index (Phi) is 3.33. The zero-order valence-corrected chi connectivity index (χ0v) is 10.5. The molecular weight excluding hydrogens is 212 g/mol. The van der Waals surface area contributed by atoms with Gasteiger partial charge in [0, 0.05) is 17.8 Å². The molecule has 2 rings (SSSR count). The summed E-state index contributed by atoms with van der Waals surface area (Å²) >= 11 is 0. The highest BCUT2D eigenvalue weighted by molar-refractivity contribution is 5.78. The smallest absolute Gasteiger partial charge is 0.0931 e. The molecule has 0 saturated heterocycles. The SMILES string of the molecule is CC(C)(N)CCCNc1ccc2nc[nH]c2c1. The fourth-order valence-electron chi connectivity index (χ4n) is 1.82. The normalized spacial score (nSPS) is 11.9. The first kappa shape index (κ1) is 11.9. The number of nitrogens with zero attached hydrogens (tertiary/aromatic N) is 1. The van der Waals surface area contributed by atoms with Crippen LogP contribution in [0.2, 0.25) is 0 Å². The van der Waals surface area contributed by atoms with Crippen LogP contribution in [0.25, 0.3) is 11.0 Å². The van der Waals surface area contributed by atoms with E-state index in [0.29, 0.717) is 0 Å². The van der Waals surface area contributed by atoms with Crippen molar-refractivity contribution in [3.05, 3.63) is 24.5 Å². The largest absolute Gasteiger partial charge is 0.385 e. The van der Waals surface area contributed by atoms with Crippen LogP contribution >= 0.6 is 0 Å². The number of imidazole rings is 1. The first-order chi connectivity index (χ1) is 8.04. The van der Waals surface area contributed by atoms with Gasteiger partial charge in [-0.1, -0.05) is 0 Å². The summed E-state index contributed by atoms with van der Waals surface area (Å²) < 4.78 is 0. The van der Waals surface area contributed by atoms with Crippen molar-refractivity contribution in [1.29, 1.82) is 0 Å². The highest BCUT2D eigenvalue weighted by Gasteiger charge is 2.09. The van der Waals surface area contributed by atoms with E-state index >= 15 is 0 Å². The van der Waals surface area contributed by atoms with Crippen LogP contribution < -0.4 is 11.1 Å². The molecule has 1 aromatic heterocycles. The summed E-state index contributed by atoms with van der Waals surface area (Å²) in [5.74, 6) is 0. The average molecular weight is 232 g/mol. The molecule has 4 nitrogen and oxygen atoms in total. The summed E-state index contributed by atoms with van der Waals surface area (Å²) in [6.45, 7) is 5.06. The van der Waals surface area contributed by atoms with Gasteiger partial charge in [0.1, 0.15) is 0 Å². The van der Waals surface area contributed by atoms with Gasteiger partial charge in [0.05, 0.1) is 17.4 Å². The molecule has 0 aliphatic carbocycles. The summed E-state index contributed by atoms with van der Waals surface area (Å²) in [6, 6.07) is 6.15. The van der Waals surface area contributed by atoms with E-state index < -0.39 is 0 Å². The molecule has 1 heterocycles. The first-order valence-electron chi connectivity index (χ1n) is 6.00. The van der Waals surface area contributed by atoms with Crippen molar-refractivity contribution in [1.82, 2.24) is 9.97 Å². The number of anilines is 1. The monoisotopic (exact) mass is 232 g/mol. The molecule has 0 bridgehead atoms. The Morgan fingerprint density at radius 3 is 3.00 bits per heavy atom. The maximum absolute atomic E-state index is 5.93. The highest BCUT2D eigenvalue weighted by Crippen LogP contribution is 2.16. The zero-order chi connectivity index (χ0) is 12.3. The van der Waals surface area contributed by atoms with Gasteiger partial charge in [-0.25, -0.2) is 4.98 Å². The topological polar surface area (TPSA) is 66.7 Å². The molecule has 0 saturated carbocycles. The lowest BCUT2D eigenvalue weighted by molar-refractivity contribution is 0.465. The van der Waals surface area contributed by atoms with Crippen molar-refractivity contribution in [3.63, 3.8) is 0 Å². The van der Waals surface area contributed by atoms with Gasteiger partial charge >= 0.3 is 0 Å². The Bertz CT molecular complexity index is 481. The van der Waals surface area contributed by atoms with Gasteiger partial charge in [-0.3, -0.25) is 0 Å². The summed E-state index contributed by atoms with van der Waals surface area (Å²) in [5, 5.41) is 3.40. The molecule has 92 valence electrons. The summed E-state index contributed by atoms with van der Waals surface area (Å²) in [4.78, 5) is 7.29. The second kappa shape index (κ2) is 4.75. The highest BCUT2D eigenvalue weighted by atomic mass is 14.9. The molecule has 0 aliphatic heterocycles. The minimum absolute atomic E-state index is 0.0744. The van der Waals surface area contributed by atoms with Gasteiger partial charge in [0.25, 0.3) is 0 Å². The third kappa shape index (κ3) is 3.46. The first-order valence-corrected chi connectivity index (χ1v) is 6.00. The molecule has 4 N–H and O–H groups in total. The van der Waals surface area contributed by atoms with Gasteiger partial charge in [-0.2, -0.15) is 0 Å². The molecule has 0 aliphatic rings. The third-order valence-electron chi connectivity index (χ3n) is 2.75. The van der Waals surface area contributed by atoms with E-state index in [1.165, 1.54) is 0 Å². The Labute approximate surface area is 102 Å². The van der Waals surface area contributed by atoms with Crippen molar-refractivity contribution >= 4 is 16.7 Å². The van der Waals surface area contributed by atoms with Crippen LogP contribution in [0, 0.1) is 0 Å². The minimum Gasteiger partial charge on any atom is -0.385 e. The number of aromatic amines is 1. The molecule has 17 heavy (non-hydrogen) atoms. The summed E-state index contributed by atoms with van der Waals surface area (Å²) in [7, 11) is 0. The molecule has 0 spiro atoms. The Morgan fingerprint density at radius 2 is 2.24 bits per heavy atom. The number of nitrogens with one attached hydrogen (secondary N) is 2. The number of fused-ring (bicyclic) bond motifs is 1. The second-order valence-electron chi connectivity index (χ2n) is 5.15. The number of rotatable bonds is 5. The van der Waals surface area contributed by atoms with Gasteiger partial charge < -0.3 is 16.0 Å². The van der Waals surface area contributed by atoms with Crippen LogP contribution in [0.4, 0.5) is 5.69 Å². The lowest BCUT2D eigenvalue weighted by Gasteiger charge is -2.18. The molecule has 0 amide bonds. The standard InChI is InChI=1S/C13H20N4/c1-13(2,14)6-3-7-15-10-4-5-11-12(8-10)17-9-16-11/h4-5,8-9,15H,3,6-7,14H2,1-2H3,(H,16,17). The predicted molar refractivity (Wildman–Crippen MR) is 72.1 cm³/mol. The van der Waals surface area contributed by atoms with E-state index in [-0.39, 0.29) is 5.54 Å². The van der Waals surface area contributed by atoms with Gasteiger partial charge in [0.15, 0.2) is 0 Å². The maximum atomic E-state index is 5.93.